The number of ether oxygens (including phenoxy) is 2. The van der Waals surface area contributed by atoms with Crippen molar-refractivity contribution in [1.29, 1.82) is 0 Å². The van der Waals surface area contributed by atoms with Crippen LogP contribution in [0.15, 0.2) is 79.4 Å². The number of carbonyl (C=O) groups excluding carboxylic acids is 1. The fourth-order valence-electron chi connectivity index (χ4n) is 3.10. The number of carbonyl (C=O) groups is 1. The van der Waals surface area contributed by atoms with Gasteiger partial charge in [0.2, 0.25) is 0 Å². The van der Waals surface area contributed by atoms with Gasteiger partial charge in [-0.15, -0.1) is 0 Å². The summed E-state index contributed by atoms with van der Waals surface area (Å²) in [5, 5.41) is 7.65. The summed E-state index contributed by atoms with van der Waals surface area (Å²) in [5.41, 5.74) is 2.60. The number of nitrogens with zero attached hydrogens (tertiary/aromatic N) is 3. The Labute approximate surface area is 190 Å². The van der Waals surface area contributed by atoms with Crippen molar-refractivity contribution in [3.05, 3.63) is 95.5 Å². The number of anilines is 1. The van der Waals surface area contributed by atoms with Crippen LogP contribution in [-0.4, -0.2) is 27.3 Å². The summed E-state index contributed by atoms with van der Waals surface area (Å²) in [4.78, 5) is 17.1. The normalized spacial score (nSPS) is 10.6. The van der Waals surface area contributed by atoms with Gasteiger partial charge in [0, 0.05) is 40.9 Å². The molecule has 162 valence electrons. The third-order valence-electron chi connectivity index (χ3n) is 4.58. The van der Waals surface area contributed by atoms with E-state index < -0.39 is 0 Å². The van der Waals surface area contributed by atoms with Crippen LogP contribution in [0, 0.1) is 0 Å². The van der Waals surface area contributed by atoms with Gasteiger partial charge >= 0.3 is 0 Å². The van der Waals surface area contributed by atoms with Crippen LogP contribution < -0.4 is 14.8 Å². The van der Waals surface area contributed by atoms with Gasteiger partial charge in [0.15, 0.2) is 11.5 Å². The first kappa shape index (κ1) is 21.4. The number of halogens is 1. The molecular formula is C24H21ClN4O3. The van der Waals surface area contributed by atoms with Gasteiger partial charge < -0.3 is 14.8 Å². The standard InChI is InChI=1S/C24H21ClN4O3/c1-2-31-23-13-18(6-9-22(23)32-16-17-5-3-10-26-15-17)24(30)28-20-14-19(25)7-8-21(20)29-12-4-11-27-29/h3-15H,2,16H2,1H3,(H,28,30). The van der Waals surface area contributed by atoms with Crippen molar-refractivity contribution < 1.29 is 14.3 Å². The minimum absolute atomic E-state index is 0.305. The van der Waals surface area contributed by atoms with Crippen molar-refractivity contribution in [2.45, 2.75) is 13.5 Å². The van der Waals surface area contributed by atoms with Crippen molar-refractivity contribution in [2.75, 3.05) is 11.9 Å². The molecule has 0 aliphatic rings. The number of rotatable bonds is 8. The highest BCUT2D eigenvalue weighted by molar-refractivity contribution is 6.31. The van der Waals surface area contributed by atoms with Gasteiger partial charge in [-0.3, -0.25) is 9.78 Å². The minimum atomic E-state index is -0.305. The second-order valence-electron chi connectivity index (χ2n) is 6.81. The van der Waals surface area contributed by atoms with E-state index in [0.29, 0.717) is 46.7 Å². The fraction of sp³-hybridized carbons (Fsp3) is 0.125. The molecule has 2 aromatic heterocycles. The molecule has 1 amide bonds. The Bertz CT molecular complexity index is 1200. The lowest BCUT2D eigenvalue weighted by molar-refractivity contribution is 0.102. The molecule has 7 nitrogen and oxygen atoms in total. The second kappa shape index (κ2) is 9.98. The van der Waals surface area contributed by atoms with Crippen LogP contribution in [0.2, 0.25) is 5.02 Å². The molecule has 32 heavy (non-hydrogen) atoms. The Morgan fingerprint density at radius 3 is 2.72 bits per heavy atom. The molecule has 0 spiro atoms. The number of pyridine rings is 1. The predicted octanol–water partition coefficient (Wildman–Crippen LogP) is 5.15. The molecule has 0 saturated heterocycles. The summed E-state index contributed by atoms with van der Waals surface area (Å²) in [5.74, 6) is 0.732. The molecule has 0 fully saturated rings. The fourth-order valence-corrected chi connectivity index (χ4v) is 3.27. The Morgan fingerprint density at radius 2 is 1.97 bits per heavy atom. The third kappa shape index (κ3) is 5.07. The molecule has 0 radical (unpaired) electrons. The summed E-state index contributed by atoms with van der Waals surface area (Å²) < 4.78 is 13.3. The molecule has 0 saturated carbocycles. The average Bonchev–Trinajstić information content (AvgIpc) is 3.34. The lowest BCUT2D eigenvalue weighted by atomic mass is 10.1. The van der Waals surface area contributed by atoms with Gasteiger partial charge in [0.25, 0.3) is 5.91 Å². The van der Waals surface area contributed by atoms with Crippen LogP contribution in [0.3, 0.4) is 0 Å². The number of hydrogen-bond donors (Lipinski definition) is 1. The molecule has 0 aliphatic carbocycles. The quantitative estimate of drug-likeness (QED) is 0.403. The van der Waals surface area contributed by atoms with Crippen LogP contribution in [0.4, 0.5) is 5.69 Å². The van der Waals surface area contributed by atoms with E-state index >= 15 is 0 Å². The topological polar surface area (TPSA) is 78.3 Å². The third-order valence-corrected chi connectivity index (χ3v) is 4.82. The lowest BCUT2D eigenvalue weighted by Crippen LogP contribution is -2.14. The van der Waals surface area contributed by atoms with E-state index in [1.165, 1.54) is 0 Å². The zero-order valence-electron chi connectivity index (χ0n) is 17.4. The second-order valence-corrected chi connectivity index (χ2v) is 7.25. The summed E-state index contributed by atoms with van der Waals surface area (Å²) >= 11 is 6.16. The van der Waals surface area contributed by atoms with Gasteiger partial charge in [-0.1, -0.05) is 17.7 Å². The maximum absolute atomic E-state index is 13.0. The summed E-state index contributed by atoms with van der Waals surface area (Å²) in [6, 6.07) is 15.9. The summed E-state index contributed by atoms with van der Waals surface area (Å²) in [6.07, 6.45) is 6.91. The van der Waals surface area contributed by atoms with Crippen molar-refractivity contribution >= 4 is 23.2 Å². The first-order valence-electron chi connectivity index (χ1n) is 10.0. The molecule has 0 aliphatic heterocycles. The molecule has 0 bridgehead atoms. The molecular weight excluding hydrogens is 428 g/mol. The molecule has 2 heterocycles. The maximum Gasteiger partial charge on any atom is 0.255 e. The van der Waals surface area contributed by atoms with Crippen molar-refractivity contribution in [2.24, 2.45) is 0 Å². The van der Waals surface area contributed by atoms with Crippen LogP contribution >= 0.6 is 11.6 Å². The van der Waals surface area contributed by atoms with Crippen molar-refractivity contribution in [3.8, 4) is 17.2 Å². The zero-order valence-corrected chi connectivity index (χ0v) is 18.1. The number of aromatic nitrogens is 3. The van der Waals surface area contributed by atoms with Crippen molar-refractivity contribution in [1.82, 2.24) is 14.8 Å². The SMILES string of the molecule is CCOc1cc(C(=O)Nc2cc(Cl)ccc2-n2cccn2)ccc1OCc1cccnc1. The van der Waals surface area contributed by atoms with Crippen LogP contribution in [0.5, 0.6) is 11.5 Å². The Morgan fingerprint density at radius 1 is 1.06 bits per heavy atom. The monoisotopic (exact) mass is 448 g/mol. The summed E-state index contributed by atoms with van der Waals surface area (Å²) in [6.45, 7) is 2.65. The molecule has 1 N–H and O–H groups in total. The molecule has 0 atom stereocenters. The first-order valence-corrected chi connectivity index (χ1v) is 10.4. The van der Waals surface area contributed by atoms with E-state index in [0.717, 1.165) is 5.56 Å². The Balaban J connectivity index is 1.55. The number of benzene rings is 2. The average molecular weight is 449 g/mol. The maximum atomic E-state index is 13.0. The van der Waals surface area contributed by atoms with Gasteiger partial charge in [0.1, 0.15) is 6.61 Å². The number of amides is 1. The summed E-state index contributed by atoms with van der Waals surface area (Å²) in [7, 11) is 0. The molecule has 8 heteroatoms. The molecule has 4 rings (SSSR count). The van der Waals surface area contributed by atoms with Gasteiger partial charge in [-0.05, 0) is 55.5 Å². The van der Waals surface area contributed by atoms with E-state index in [-0.39, 0.29) is 5.91 Å². The van der Waals surface area contributed by atoms with Crippen LogP contribution in [-0.2, 0) is 6.61 Å². The number of hydrogen-bond acceptors (Lipinski definition) is 5. The van der Waals surface area contributed by atoms with E-state index in [4.69, 9.17) is 21.1 Å². The minimum Gasteiger partial charge on any atom is -0.490 e. The molecule has 2 aromatic carbocycles. The van der Waals surface area contributed by atoms with Crippen LogP contribution in [0.1, 0.15) is 22.8 Å². The largest absolute Gasteiger partial charge is 0.490 e. The van der Waals surface area contributed by atoms with Crippen molar-refractivity contribution in [3.63, 3.8) is 0 Å². The van der Waals surface area contributed by atoms with Gasteiger partial charge in [0.05, 0.1) is 18.0 Å². The van der Waals surface area contributed by atoms with Gasteiger partial charge in [-0.2, -0.15) is 5.10 Å². The lowest BCUT2D eigenvalue weighted by Gasteiger charge is -2.15. The van der Waals surface area contributed by atoms with E-state index in [2.05, 4.69) is 15.4 Å². The van der Waals surface area contributed by atoms with Gasteiger partial charge in [-0.25, -0.2) is 4.68 Å². The zero-order chi connectivity index (χ0) is 22.3. The van der Waals surface area contributed by atoms with Crippen LogP contribution in [0.25, 0.3) is 5.69 Å². The smallest absolute Gasteiger partial charge is 0.255 e. The van der Waals surface area contributed by atoms with E-state index in [1.807, 2.05) is 19.1 Å². The first-order chi connectivity index (χ1) is 15.6. The Hall–Kier alpha value is -3.84. The van der Waals surface area contributed by atoms with E-state index in [9.17, 15) is 4.79 Å². The highest BCUT2D eigenvalue weighted by Gasteiger charge is 2.15. The molecule has 0 unspecified atom stereocenters. The molecule has 4 aromatic rings. The number of nitrogens with one attached hydrogen (secondary N) is 1. The predicted molar refractivity (Wildman–Crippen MR) is 123 cm³/mol. The highest BCUT2D eigenvalue weighted by atomic mass is 35.5. The highest BCUT2D eigenvalue weighted by Crippen LogP contribution is 2.30. The van der Waals surface area contributed by atoms with E-state index in [1.54, 1.807) is 71.9 Å². The Kier molecular flexibility index (Phi) is 6.67.